The second-order valence-corrected chi connectivity index (χ2v) is 7.64. The van der Waals surface area contributed by atoms with E-state index in [1.807, 2.05) is 0 Å². The van der Waals surface area contributed by atoms with Crippen LogP contribution in [0, 0.1) is 0 Å². The summed E-state index contributed by atoms with van der Waals surface area (Å²) in [4.78, 5) is 23.5. The smallest absolute Gasteiger partial charge is 0.330 e. The summed E-state index contributed by atoms with van der Waals surface area (Å²) >= 11 is 7.92. The molecule has 0 aliphatic rings. The first-order valence-corrected chi connectivity index (χ1v) is 7.92. The fraction of sp³-hybridized carbons (Fsp3) is 0.0769. The van der Waals surface area contributed by atoms with E-state index in [-0.39, 0.29) is 0 Å². The van der Waals surface area contributed by atoms with Crippen molar-refractivity contribution in [2.75, 3.05) is 0 Å². The molecule has 4 nitrogen and oxygen atoms in total. The average molecular weight is 419 g/mol. The minimum absolute atomic E-state index is 0.407. The number of carbonyl (C=O) groups is 2. The molecule has 2 rings (SSSR count). The first-order valence-electron chi connectivity index (χ1n) is 5.52. The van der Waals surface area contributed by atoms with Crippen molar-refractivity contribution in [3.8, 4) is 0 Å². The molecule has 1 heterocycles. The lowest BCUT2D eigenvalue weighted by atomic mass is 10.1. The van der Waals surface area contributed by atoms with Crippen LogP contribution in [0.2, 0.25) is 0 Å². The van der Waals surface area contributed by atoms with Crippen LogP contribution in [-0.2, 0) is 4.79 Å². The topological polar surface area (TPSA) is 66.4 Å². The van der Waals surface area contributed by atoms with Gasteiger partial charge in [0.15, 0.2) is 6.04 Å². The maximum Gasteiger partial charge on any atom is 0.330 e. The molecule has 0 radical (unpaired) electrons. The average Bonchev–Trinajstić information content (AvgIpc) is 2.75. The normalized spacial score (nSPS) is 11.9. The van der Waals surface area contributed by atoms with E-state index in [9.17, 15) is 14.7 Å². The zero-order valence-corrected chi connectivity index (χ0v) is 14.0. The van der Waals surface area contributed by atoms with Gasteiger partial charge in [-0.3, -0.25) is 4.79 Å². The SMILES string of the molecule is O=C(NC(C(=O)O)c1ccccc1)c1cc(Br)sc1Br. The predicted molar refractivity (Wildman–Crippen MR) is 84.0 cm³/mol. The summed E-state index contributed by atoms with van der Waals surface area (Å²) in [5.41, 5.74) is 0.933. The van der Waals surface area contributed by atoms with Gasteiger partial charge in [0.05, 0.1) is 13.1 Å². The Kier molecular flexibility index (Phi) is 4.95. The van der Waals surface area contributed by atoms with E-state index in [4.69, 9.17) is 0 Å². The quantitative estimate of drug-likeness (QED) is 0.792. The Labute approximate surface area is 136 Å². The van der Waals surface area contributed by atoms with Gasteiger partial charge in [0, 0.05) is 0 Å². The molecule has 20 heavy (non-hydrogen) atoms. The number of thiophene rings is 1. The zero-order valence-electron chi connectivity index (χ0n) is 9.97. The van der Waals surface area contributed by atoms with Gasteiger partial charge >= 0.3 is 5.97 Å². The number of rotatable bonds is 4. The molecule has 1 aromatic carbocycles. The second kappa shape index (κ2) is 6.51. The van der Waals surface area contributed by atoms with Gasteiger partial charge in [-0.1, -0.05) is 30.3 Å². The Morgan fingerprint density at radius 2 is 1.85 bits per heavy atom. The van der Waals surface area contributed by atoms with Crippen LogP contribution in [0.4, 0.5) is 0 Å². The molecule has 2 aromatic rings. The number of carboxylic acid groups (broad SMARTS) is 1. The van der Waals surface area contributed by atoms with Crippen molar-refractivity contribution >= 4 is 55.1 Å². The lowest BCUT2D eigenvalue weighted by Crippen LogP contribution is -2.33. The molecular weight excluding hydrogens is 410 g/mol. The van der Waals surface area contributed by atoms with Gasteiger partial charge in [-0.05, 0) is 43.5 Å². The van der Waals surface area contributed by atoms with Crippen molar-refractivity contribution in [1.82, 2.24) is 5.32 Å². The molecular formula is C13H9Br2NO3S. The molecule has 0 aliphatic heterocycles. The molecule has 0 spiro atoms. The second-order valence-electron chi connectivity index (χ2n) is 3.89. The maximum absolute atomic E-state index is 12.1. The molecule has 1 amide bonds. The van der Waals surface area contributed by atoms with Crippen molar-refractivity contribution in [3.05, 3.63) is 55.1 Å². The molecule has 0 saturated heterocycles. The number of hydrogen-bond acceptors (Lipinski definition) is 3. The Morgan fingerprint density at radius 1 is 1.20 bits per heavy atom. The van der Waals surface area contributed by atoms with Gasteiger partial charge in [0.25, 0.3) is 5.91 Å². The Hall–Kier alpha value is -1.18. The third-order valence-corrected chi connectivity index (χ3v) is 4.90. The molecule has 104 valence electrons. The van der Waals surface area contributed by atoms with E-state index in [0.29, 0.717) is 14.9 Å². The summed E-state index contributed by atoms with van der Waals surface area (Å²) in [5.74, 6) is -1.54. The largest absolute Gasteiger partial charge is 0.479 e. The predicted octanol–water partition coefficient (Wildman–Crippen LogP) is 3.83. The van der Waals surface area contributed by atoms with E-state index in [2.05, 4.69) is 37.2 Å². The number of carboxylic acids is 1. The van der Waals surface area contributed by atoms with Gasteiger partial charge < -0.3 is 10.4 Å². The minimum atomic E-state index is -1.10. The van der Waals surface area contributed by atoms with Crippen molar-refractivity contribution in [3.63, 3.8) is 0 Å². The number of carbonyl (C=O) groups excluding carboxylic acids is 1. The van der Waals surface area contributed by atoms with E-state index >= 15 is 0 Å². The number of amides is 1. The van der Waals surface area contributed by atoms with Crippen LogP contribution in [0.1, 0.15) is 22.0 Å². The number of hydrogen-bond donors (Lipinski definition) is 2. The summed E-state index contributed by atoms with van der Waals surface area (Å²) in [6.07, 6.45) is 0. The third-order valence-electron chi connectivity index (χ3n) is 2.56. The zero-order chi connectivity index (χ0) is 14.7. The number of aliphatic carboxylic acids is 1. The van der Waals surface area contributed by atoms with Crippen molar-refractivity contribution in [2.24, 2.45) is 0 Å². The summed E-state index contributed by atoms with van der Waals surface area (Å²) in [6.45, 7) is 0. The number of halogens is 2. The van der Waals surface area contributed by atoms with Gasteiger partial charge in [0.1, 0.15) is 0 Å². The van der Waals surface area contributed by atoms with Gasteiger partial charge in [-0.2, -0.15) is 0 Å². The lowest BCUT2D eigenvalue weighted by Gasteiger charge is -2.14. The monoisotopic (exact) mass is 417 g/mol. The molecule has 1 aromatic heterocycles. The Morgan fingerprint density at radius 3 is 2.35 bits per heavy atom. The molecule has 1 unspecified atom stereocenters. The molecule has 2 N–H and O–H groups in total. The first-order chi connectivity index (χ1) is 9.49. The van der Waals surface area contributed by atoms with Crippen LogP contribution < -0.4 is 5.32 Å². The Bertz CT molecular complexity index is 642. The number of benzene rings is 1. The molecule has 7 heteroatoms. The summed E-state index contributed by atoms with van der Waals surface area (Å²) in [5, 5.41) is 11.8. The van der Waals surface area contributed by atoms with Gasteiger partial charge in [-0.25, -0.2) is 4.79 Å². The highest BCUT2D eigenvalue weighted by molar-refractivity contribution is 9.12. The standard InChI is InChI=1S/C13H9Br2NO3S/c14-9-6-8(11(15)20-9)12(17)16-10(13(18)19)7-4-2-1-3-5-7/h1-6,10H,(H,16,17)(H,18,19). The van der Waals surface area contributed by atoms with Crippen LogP contribution in [0.5, 0.6) is 0 Å². The fourth-order valence-corrected chi connectivity index (χ4v) is 4.43. The highest BCUT2D eigenvalue weighted by Gasteiger charge is 2.24. The van der Waals surface area contributed by atoms with Crippen molar-refractivity contribution < 1.29 is 14.7 Å². The van der Waals surface area contributed by atoms with Crippen LogP contribution in [0.3, 0.4) is 0 Å². The first kappa shape index (κ1) is 15.2. The highest BCUT2D eigenvalue weighted by atomic mass is 79.9. The van der Waals surface area contributed by atoms with E-state index in [0.717, 1.165) is 3.79 Å². The van der Waals surface area contributed by atoms with Gasteiger partial charge in [0.2, 0.25) is 0 Å². The van der Waals surface area contributed by atoms with Crippen LogP contribution in [0.25, 0.3) is 0 Å². The summed E-state index contributed by atoms with van der Waals surface area (Å²) < 4.78 is 1.44. The van der Waals surface area contributed by atoms with E-state index < -0.39 is 17.9 Å². The van der Waals surface area contributed by atoms with Crippen molar-refractivity contribution in [2.45, 2.75) is 6.04 Å². The van der Waals surface area contributed by atoms with E-state index in [1.54, 1.807) is 36.4 Å². The van der Waals surface area contributed by atoms with Crippen molar-refractivity contribution in [1.29, 1.82) is 0 Å². The third kappa shape index (κ3) is 3.47. The van der Waals surface area contributed by atoms with E-state index in [1.165, 1.54) is 11.3 Å². The molecule has 0 bridgehead atoms. The molecule has 0 aliphatic carbocycles. The fourth-order valence-electron chi connectivity index (χ4n) is 1.64. The minimum Gasteiger partial charge on any atom is -0.479 e. The molecule has 0 saturated carbocycles. The van der Waals surface area contributed by atoms with Crippen LogP contribution in [-0.4, -0.2) is 17.0 Å². The lowest BCUT2D eigenvalue weighted by molar-refractivity contribution is -0.139. The van der Waals surface area contributed by atoms with Gasteiger partial charge in [-0.15, -0.1) is 11.3 Å². The summed E-state index contributed by atoms with van der Waals surface area (Å²) in [7, 11) is 0. The summed E-state index contributed by atoms with van der Waals surface area (Å²) in [6, 6.07) is 9.15. The number of nitrogens with one attached hydrogen (secondary N) is 1. The highest BCUT2D eigenvalue weighted by Crippen LogP contribution is 2.32. The molecule has 1 atom stereocenters. The van der Waals surface area contributed by atoms with Crippen LogP contribution >= 0.6 is 43.2 Å². The molecule has 0 fully saturated rings. The maximum atomic E-state index is 12.1. The Balaban J connectivity index is 2.23. The van der Waals surface area contributed by atoms with Crippen LogP contribution in [0.15, 0.2) is 44.0 Å².